The maximum Gasteiger partial charge on any atom is 0.326 e. The zero-order valence-corrected chi connectivity index (χ0v) is 57.5. The van der Waals surface area contributed by atoms with E-state index in [2.05, 4.69) is 51.1 Å². The number of carboxylic acids is 1. The molecule has 17 N–H and O–H groups in total. The summed E-state index contributed by atoms with van der Waals surface area (Å²) in [5.74, 6) is -5.82. The van der Waals surface area contributed by atoms with Gasteiger partial charge in [0, 0.05) is 38.4 Å². The molecule has 7 atom stereocenters. The molecular weight excluding hydrogens is 1180 g/mol. The third kappa shape index (κ3) is 46.1. The number of aliphatic hydroxyl groups excluding tert-OH is 1. The summed E-state index contributed by atoms with van der Waals surface area (Å²) in [6.45, 7) is 5.70. The first kappa shape index (κ1) is 85.3. The quantitative estimate of drug-likeness (QED) is 0.0272. The molecule has 0 aliphatic rings. The minimum atomic E-state index is -1.69. The van der Waals surface area contributed by atoms with E-state index in [-0.39, 0.29) is 69.7 Å². The van der Waals surface area contributed by atoms with Crippen LogP contribution in [0, 0.1) is 0 Å². The number of nitrogens with two attached hydrogens (primary N) is 4. The third-order valence-corrected chi connectivity index (χ3v) is 17.2. The number of nitrogens with one attached hydrogen (secondary N) is 7. The molecular formula is C71H129N11O11. The lowest BCUT2D eigenvalue weighted by Crippen LogP contribution is -2.58. The Kier molecular flexibility index (Phi) is 52.9. The zero-order chi connectivity index (χ0) is 68.5. The monoisotopic (exact) mass is 1310 g/mol. The number of hydrogen-bond acceptors (Lipinski definition) is 13. The number of rotatable bonds is 63. The number of aliphatic carboxylic acids is 1. The fourth-order valence-corrected chi connectivity index (χ4v) is 11.3. The van der Waals surface area contributed by atoms with Crippen molar-refractivity contribution in [1.29, 1.82) is 0 Å². The standard InChI is InChI=1S/C71H129N11O11/c1-3-5-7-9-11-13-15-17-19-21-23-25-30-46-62(83)76-52-39-35-45-58(78-64(85)47-31-26-24-22-20-18-16-14-12-10-8-6-4-2)67(88)80-60(44-33-37-51-73)69(90)81-59(43-32-36-50-72)68(89)79-57(66(75)87)42-34-38-53-77-63(84)49-48-61(71(92)93)82-70(91)65(86)56(74)54-55-40-28-27-29-41-55/h27-29,40-41,56-61,65,86H,3-26,30-39,42-54,72-74H2,1-2H3,(H2,75,87)(H,76,83)(H,77,84)(H,78,85)(H,79,89)(H,80,88)(H,81,90)(H,82,91)(H,92,93)/t56-,57-,58-,59-,60-,61-,65-/m0/s1. The van der Waals surface area contributed by atoms with Crippen molar-refractivity contribution in [2.24, 2.45) is 22.9 Å². The lowest BCUT2D eigenvalue weighted by Gasteiger charge is -2.26. The highest BCUT2D eigenvalue weighted by molar-refractivity contribution is 5.95. The lowest BCUT2D eigenvalue weighted by atomic mass is 10.0. The van der Waals surface area contributed by atoms with Crippen LogP contribution in [0.25, 0.3) is 0 Å². The summed E-state index contributed by atoms with van der Waals surface area (Å²) in [5.41, 5.74) is 24.2. The highest BCUT2D eigenvalue weighted by Crippen LogP contribution is 2.17. The molecule has 0 bridgehead atoms. The van der Waals surface area contributed by atoms with Gasteiger partial charge in [-0.15, -0.1) is 0 Å². The molecule has 93 heavy (non-hydrogen) atoms. The van der Waals surface area contributed by atoms with Crippen LogP contribution in [0.2, 0.25) is 0 Å². The largest absolute Gasteiger partial charge is 0.480 e. The zero-order valence-electron chi connectivity index (χ0n) is 57.5. The number of carbonyl (C=O) groups is 9. The van der Waals surface area contributed by atoms with Crippen molar-refractivity contribution in [3.05, 3.63) is 35.9 Å². The normalized spacial score (nSPS) is 13.5. The summed E-state index contributed by atoms with van der Waals surface area (Å²) < 4.78 is 0. The molecule has 0 radical (unpaired) electrons. The molecule has 534 valence electrons. The van der Waals surface area contributed by atoms with E-state index in [9.17, 15) is 53.4 Å². The third-order valence-electron chi connectivity index (χ3n) is 17.2. The Morgan fingerprint density at radius 2 is 0.731 bits per heavy atom. The number of primary amides is 1. The fourth-order valence-electron chi connectivity index (χ4n) is 11.3. The van der Waals surface area contributed by atoms with Gasteiger partial charge in [-0.1, -0.05) is 198 Å². The molecule has 1 aromatic carbocycles. The molecule has 0 aromatic heterocycles. The minimum absolute atomic E-state index is 0.00127. The summed E-state index contributed by atoms with van der Waals surface area (Å²) in [5, 5.41) is 39.5. The predicted octanol–water partition coefficient (Wildman–Crippen LogP) is 8.49. The van der Waals surface area contributed by atoms with Gasteiger partial charge in [0.05, 0.1) is 0 Å². The van der Waals surface area contributed by atoms with E-state index in [1.165, 1.54) is 122 Å². The Morgan fingerprint density at radius 1 is 0.387 bits per heavy atom. The van der Waals surface area contributed by atoms with Crippen molar-refractivity contribution >= 4 is 53.2 Å². The average molecular weight is 1310 g/mol. The average Bonchev–Trinajstić information content (AvgIpc) is 1.20. The molecule has 22 nitrogen and oxygen atoms in total. The summed E-state index contributed by atoms with van der Waals surface area (Å²) in [6, 6.07) is 2.08. The molecule has 0 unspecified atom stereocenters. The van der Waals surface area contributed by atoms with Gasteiger partial charge >= 0.3 is 5.97 Å². The number of hydrogen-bond donors (Lipinski definition) is 13. The maximum absolute atomic E-state index is 14.3. The minimum Gasteiger partial charge on any atom is -0.480 e. The van der Waals surface area contributed by atoms with Crippen LogP contribution in [0.4, 0.5) is 0 Å². The van der Waals surface area contributed by atoms with Crippen LogP contribution in [-0.2, 0) is 49.6 Å². The Morgan fingerprint density at radius 3 is 1.13 bits per heavy atom. The summed E-state index contributed by atoms with van der Waals surface area (Å²) in [6.07, 6.45) is 34.2. The molecule has 0 heterocycles. The van der Waals surface area contributed by atoms with E-state index < -0.39 is 83.8 Å². The second kappa shape index (κ2) is 57.7. The van der Waals surface area contributed by atoms with Crippen LogP contribution in [-0.4, -0.2) is 132 Å². The summed E-state index contributed by atoms with van der Waals surface area (Å²) in [4.78, 5) is 119. The fraction of sp³-hybridized carbons (Fsp3) is 0.789. The number of amides is 8. The van der Waals surface area contributed by atoms with Crippen molar-refractivity contribution in [3.63, 3.8) is 0 Å². The van der Waals surface area contributed by atoms with Gasteiger partial charge in [0.2, 0.25) is 41.4 Å². The molecule has 0 spiro atoms. The number of unbranched alkanes of at least 4 members (excludes halogenated alkanes) is 28. The molecule has 0 saturated heterocycles. The molecule has 0 saturated carbocycles. The molecule has 1 aromatic rings. The van der Waals surface area contributed by atoms with Gasteiger partial charge in [0.25, 0.3) is 5.91 Å². The second-order valence-corrected chi connectivity index (χ2v) is 25.7. The van der Waals surface area contributed by atoms with Gasteiger partial charge in [-0.3, -0.25) is 38.4 Å². The SMILES string of the molecule is CCCCCCCCCCCCCCCC(=O)NCCCC[C@H](NC(=O)CCCCCCCCCCCCCCC)C(=O)N[C@@H](CCCCN)C(=O)N[C@@H](CCCCN)C(=O)N[C@@H](CCCCNC(=O)CC[C@H](NC(=O)[C@@H](O)[C@@H](N)Cc1ccccc1)C(=O)O)C(N)=O. The van der Waals surface area contributed by atoms with Gasteiger partial charge in [0.1, 0.15) is 36.3 Å². The highest BCUT2D eigenvalue weighted by Gasteiger charge is 2.32. The highest BCUT2D eigenvalue weighted by atomic mass is 16.4. The molecule has 0 aliphatic carbocycles. The summed E-state index contributed by atoms with van der Waals surface area (Å²) in [7, 11) is 0. The van der Waals surface area contributed by atoms with E-state index in [0.29, 0.717) is 83.8 Å². The van der Waals surface area contributed by atoms with E-state index in [4.69, 9.17) is 22.9 Å². The van der Waals surface area contributed by atoms with Gasteiger partial charge < -0.3 is 70.4 Å². The van der Waals surface area contributed by atoms with Crippen molar-refractivity contribution in [2.75, 3.05) is 26.2 Å². The van der Waals surface area contributed by atoms with Crippen LogP contribution in [0.3, 0.4) is 0 Å². The second-order valence-electron chi connectivity index (χ2n) is 25.7. The first-order valence-electron chi connectivity index (χ1n) is 36.4. The number of carbonyl (C=O) groups excluding carboxylic acids is 8. The van der Waals surface area contributed by atoms with Crippen molar-refractivity contribution < 1.29 is 53.4 Å². The first-order valence-corrected chi connectivity index (χ1v) is 36.4. The van der Waals surface area contributed by atoms with E-state index >= 15 is 0 Å². The van der Waals surface area contributed by atoms with Crippen LogP contribution >= 0.6 is 0 Å². The van der Waals surface area contributed by atoms with Crippen LogP contribution in [0.1, 0.15) is 289 Å². The van der Waals surface area contributed by atoms with E-state index in [0.717, 1.165) is 44.1 Å². The number of benzene rings is 1. The Balaban J connectivity index is 2.94. The predicted molar refractivity (Wildman–Crippen MR) is 370 cm³/mol. The van der Waals surface area contributed by atoms with Gasteiger partial charge in [-0.25, -0.2) is 4.79 Å². The van der Waals surface area contributed by atoms with Gasteiger partial charge in [-0.05, 0) is 121 Å². The van der Waals surface area contributed by atoms with Crippen LogP contribution in [0.5, 0.6) is 0 Å². The van der Waals surface area contributed by atoms with Crippen LogP contribution in [0.15, 0.2) is 30.3 Å². The number of aliphatic hydroxyl groups is 1. The smallest absolute Gasteiger partial charge is 0.326 e. The number of carboxylic acid groups (broad SMARTS) is 1. The first-order chi connectivity index (χ1) is 45.0. The van der Waals surface area contributed by atoms with E-state index in [1.807, 2.05) is 6.07 Å². The molecule has 0 fully saturated rings. The van der Waals surface area contributed by atoms with E-state index in [1.54, 1.807) is 24.3 Å². The van der Waals surface area contributed by atoms with Crippen molar-refractivity contribution in [2.45, 2.75) is 332 Å². The Hall–Kier alpha value is -5.71. The molecule has 0 aliphatic heterocycles. The lowest BCUT2D eigenvalue weighted by molar-refractivity contribution is -0.144. The van der Waals surface area contributed by atoms with Gasteiger partial charge in [-0.2, -0.15) is 0 Å². The van der Waals surface area contributed by atoms with Gasteiger partial charge in [0.15, 0.2) is 0 Å². The molecule has 1 rings (SSSR count). The van der Waals surface area contributed by atoms with Crippen molar-refractivity contribution in [3.8, 4) is 0 Å². The maximum atomic E-state index is 14.3. The Labute approximate surface area is 558 Å². The summed E-state index contributed by atoms with van der Waals surface area (Å²) >= 11 is 0. The molecule has 8 amide bonds. The molecule has 22 heteroatoms. The van der Waals surface area contributed by atoms with Crippen molar-refractivity contribution in [1.82, 2.24) is 37.2 Å². The topological polar surface area (TPSA) is 382 Å². The van der Waals surface area contributed by atoms with Crippen LogP contribution < -0.4 is 60.2 Å². The Bertz CT molecular complexity index is 2160.